The topological polar surface area (TPSA) is 109 Å². The van der Waals surface area contributed by atoms with E-state index in [4.69, 9.17) is 4.74 Å². The number of carbonyl (C=O) groups is 3. The number of benzene rings is 2. The molecule has 0 radical (unpaired) electrons. The number of carbonyl (C=O) groups excluding carboxylic acids is 3. The molecule has 1 atom stereocenters. The fraction of sp³-hybridized carbons (Fsp3) is 0.286. The van der Waals surface area contributed by atoms with E-state index in [-0.39, 0.29) is 18.0 Å². The van der Waals surface area contributed by atoms with Crippen molar-refractivity contribution in [2.45, 2.75) is 19.9 Å². The Morgan fingerprint density at radius 3 is 2.17 bits per heavy atom. The van der Waals surface area contributed by atoms with Gasteiger partial charge in [0.15, 0.2) is 0 Å². The normalized spacial score (nSPS) is 11.4. The van der Waals surface area contributed by atoms with Crippen LogP contribution in [0.25, 0.3) is 0 Å². The third-order valence-corrected chi connectivity index (χ3v) is 4.21. The minimum Gasteiger partial charge on any atom is -0.497 e. The van der Waals surface area contributed by atoms with Crippen LogP contribution in [0.2, 0.25) is 0 Å². The van der Waals surface area contributed by atoms with Crippen LogP contribution >= 0.6 is 0 Å². The van der Waals surface area contributed by atoms with Gasteiger partial charge in [0.25, 0.3) is 17.7 Å². The maximum atomic E-state index is 13.0. The highest BCUT2D eigenvalue weighted by atomic mass is 19.1. The van der Waals surface area contributed by atoms with Crippen LogP contribution in [0.4, 0.5) is 10.1 Å². The highest BCUT2D eigenvalue weighted by molar-refractivity contribution is 5.97. The van der Waals surface area contributed by atoms with E-state index in [0.717, 1.165) is 12.1 Å². The van der Waals surface area contributed by atoms with Crippen LogP contribution in [0.1, 0.15) is 24.2 Å². The molecule has 4 N–H and O–H groups in total. The highest BCUT2D eigenvalue weighted by Gasteiger charge is 2.25. The van der Waals surface area contributed by atoms with Crippen LogP contribution in [-0.2, 0) is 9.59 Å². The van der Waals surface area contributed by atoms with Gasteiger partial charge < -0.3 is 15.4 Å². The van der Waals surface area contributed by atoms with E-state index < -0.39 is 29.6 Å². The molecule has 2 aromatic rings. The van der Waals surface area contributed by atoms with Gasteiger partial charge in [0, 0.05) is 11.3 Å². The summed E-state index contributed by atoms with van der Waals surface area (Å²) in [6.45, 7) is 3.44. The summed E-state index contributed by atoms with van der Waals surface area (Å²) in [4.78, 5) is 36.7. The molecule has 0 aliphatic rings. The average Bonchev–Trinajstić information content (AvgIpc) is 2.74. The van der Waals surface area contributed by atoms with Crippen molar-refractivity contribution in [3.8, 4) is 5.75 Å². The number of anilines is 1. The standard InChI is InChI=1S/C21H25FN4O4/c1-13(2)19(24-20(28)14-4-6-15(22)7-5-14)21(29)26-25-18(27)12-23-16-8-10-17(30-3)11-9-16/h4-11,13,19,23H,12H2,1-3H3,(H,24,28)(H,25,27)(H,26,29). The van der Waals surface area contributed by atoms with E-state index in [1.165, 1.54) is 12.1 Å². The molecule has 8 nitrogen and oxygen atoms in total. The fourth-order valence-corrected chi connectivity index (χ4v) is 2.51. The van der Waals surface area contributed by atoms with Crippen molar-refractivity contribution in [1.29, 1.82) is 0 Å². The third-order valence-electron chi connectivity index (χ3n) is 4.21. The van der Waals surface area contributed by atoms with Crippen molar-refractivity contribution in [3.05, 3.63) is 59.9 Å². The van der Waals surface area contributed by atoms with E-state index >= 15 is 0 Å². The summed E-state index contributed by atoms with van der Waals surface area (Å²) in [6, 6.07) is 11.1. The predicted octanol–water partition coefficient (Wildman–Crippen LogP) is 1.85. The van der Waals surface area contributed by atoms with Crippen LogP contribution < -0.4 is 26.2 Å². The molecular formula is C21H25FN4O4. The summed E-state index contributed by atoms with van der Waals surface area (Å²) < 4.78 is 18.1. The molecule has 30 heavy (non-hydrogen) atoms. The lowest BCUT2D eigenvalue weighted by molar-refractivity contribution is -0.129. The molecule has 2 rings (SSSR count). The number of nitrogens with one attached hydrogen (secondary N) is 4. The summed E-state index contributed by atoms with van der Waals surface area (Å²) in [5, 5.41) is 5.50. The number of hydrogen-bond donors (Lipinski definition) is 4. The van der Waals surface area contributed by atoms with E-state index in [1.807, 2.05) is 0 Å². The Balaban J connectivity index is 1.84. The fourth-order valence-electron chi connectivity index (χ4n) is 2.51. The molecular weight excluding hydrogens is 391 g/mol. The second-order valence-corrected chi connectivity index (χ2v) is 6.82. The number of amides is 3. The minimum absolute atomic E-state index is 0.0686. The summed E-state index contributed by atoms with van der Waals surface area (Å²) in [7, 11) is 1.56. The van der Waals surface area contributed by atoms with Gasteiger partial charge in [0.2, 0.25) is 0 Å². The first kappa shape index (κ1) is 22.7. The number of hydrogen-bond acceptors (Lipinski definition) is 5. The molecule has 160 valence electrons. The van der Waals surface area contributed by atoms with Gasteiger partial charge in [-0.1, -0.05) is 13.8 Å². The number of halogens is 1. The Hall–Kier alpha value is -3.62. The van der Waals surface area contributed by atoms with E-state index in [2.05, 4.69) is 21.5 Å². The summed E-state index contributed by atoms with van der Waals surface area (Å²) >= 11 is 0. The van der Waals surface area contributed by atoms with Gasteiger partial charge >= 0.3 is 0 Å². The number of ether oxygens (including phenoxy) is 1. The smallest absolute Gasteiger partial charge is 0.261 e. The molecule has 0 spiro atoms. The molecule has 0 saturated carbocycles. The summed E-state index contributed by atoms with van der Waals surface area (Å²) in [5.41, 5.74) is 5.55. The second kappa shape index (κ2) is 10.8. The zero-order chi connectivity index (χ0) is 22.1. The Kier molecular flexibility index (Phi) is 8.16. The third kappa shape index (κ3) is 6.77. The molecule has 0 aliphatic carbocycles. The molecule has 1 unspecified atom stereocenters. The van der Waals surface area contributed by atoms with Crippen molar-refractivity contribution in [1.82, 2.24) is 16.2 Å². The largest absolute Gasteiger partial charge is 0.497 e. The van der Waals surface area contributed by atoms with Gasteiger partial charge in [-0.2, -0.15) is 0 Å². The molecule has 0 saturated heterocycles. The monoisotopic (exact) mass is 416 g/mol. The van der Waals surface area contributed by atoms with Gasteiger partial charge in [0.1, 0.15) is 17.6 Å². The quantitative estimate of drug-likeness (QED) is 0.491. The van der Waals surface area contributed by atoms with Crippen LogP contribution in [0.5, 0.6) is 5.75 Å². The molecule has 9 heteroatoms. The number of methoxy groups -OCH3 is 1. The zero-order valence-corrected chi connectivity index (χ0v) is 17.0. The maximum absolute atomic E-state index is 13.0. The first-order valence-electron chi connectivity index (χ1n) is 9.33. The lowest BCUT2D eigenvalue weighted by Gasteiger charge is -2.22. The van der Waals surface area contributed by atoms with Crippen molar-refractivity contribution in [2.24, 2.45) is 5.92 Å². The summed E-state index contributed by atoms with van der Waals surface area (Å²) in [6.07, 6.45) is 0. The van der Waals surface area contributed by atoms with Crippen molar-refractivity contribution < 1.29 is 23.5 Å². The molecule has 0 aliphatic heterocycles. The second-order valence-electron chi connectivity index (χ2n) is 6.82. The number of hydrazine groups is 1. The van der Waals surface area contributed by atoms with Gasteiger partial charge in [-0.3, -0.25) is 25.2 Å². The molecule has 0 bridgehead atoms. The lowest BCUT2D eigenvalue weighted by atomic mass is 10.0. The number of rotatable bonds is 8. The molecule has 0 heterocycles. The van der Waals surface area contributed by atoms with Crippen LogP contribution in [0.3, 0.4) is 0 Å². The maximum Gasteiger partial charge on any atom is 0.261 e. The Morgan fingerprint density at radius 2 is 1.60 bits per heavy atom. The van der Waals surface area contributed by atoms with Crippen molar-refractivity contribution >= 4 is 23.4 Å². The SMILES string of the molecule is COc1ccc(NCC(=O)NNC(=O)C(NC(=O)c2ccc(F)cc2)C(C)C)cc1. The van der Waals surface area contributed by atoms with E-state index in [0.29, 0.717) is 11.4 Å². The van der Waals surface area contributed by atoms with Gasteiger partial charge in [0.05, 0.1) is 13.7 Å². The first-order chi connectivity index (χ1) is 14.3. The molecule has 2 aromatic carbocycles. The minimum atomic E-state index is -0.891. The highest BCUT2D eigenvalue weighted by Crippen LogP contribution is 2.14. The van der Waals surface area contributed by atoms with Gasteiger partial charge in [-0.25, -0.2) is 4.39 Å². The van der Waals surface area contributed by atoms with Crippen LogP contribution in [0, 0.1) is 11.7 Å². The molecule has 0 fully saturated rings. The first-order valence-corrected chi connectivity index (χ1v) is 9.33. The zero-order valence-electron chi connectivity index (χ0n) is 17.0. The van der Waals surface area contributed by atoms with Crippen LogP contribution in [-0.4, -0.2) is 37.4 Å². The predicted molar refractivity (Wildman–Crippen MR) is 110 cm³/mol. The summed E-state index contributed by atoms with van der Waals surface area (Å²) in [5.74, 6) is -1.57. The van der Waals surface area contributed by atoms with Gasteiger partial charge in [-0.15, -0.1) is 0 Å². The lowest BCUT2D eigenvalue weighted by Crippen LogP contribution is -2.55. The Morgan fingerprint density at radius 1 is 0.967 bits per heavy atom. The molecule has 3 amide bonds. The molecule has 0 aromatic heterocycles. The van der Waals surface area contributed by atoms with E-state index in [1.54, 1.807) is 45.2 Å². The Labute approximate surface area is 174 Å². The Bertz CT molecular complexity index is 870. The average molecular weight is 416 g/mol. The van der Waals surface area contributed by atoms with Gasteiger partial charge in [-0.05, 0) is 54.4 Å². The van der Waals surface area contributed by atoms with Crippen molar-refractivity contribution in [2.75, 3.05) is 19.0 Å². The van der Waals surface area contributed by atoms with E-state index in [9.17, 15) is 18.8 Å². The van der Waals surface area contributed by atoms with Crippen LogP contribution in [0.15, 0.2) is 48.5 Å². The van der Waals surface area contributed by atoms with Crippen molar-refractivity contribution in [3.63, 3.8) is 0 Å².